The molecular formula is C14H28N2O. The lowest BCUT2D eigenvalue weighted by Crippen LogP contribution is -2.25. The molecule has 0 radical (unpaired) electrons. The van der Waals surface area contributed by atoms with Crippen LogP contribution in [0.5, 0.6) is 0 Å². The molecular weight excluding hydrogens is 212 g/mol. The van der Waals surface area contributed by atoms with E-state index in [-0.39, 0.29) is 5.91 Å². The number of hydrogen-bond donors (Lipinski definition) is 2. The highest BCUT2D eigenvalue weighted by Crippen LogP contribution is 2.31. The first-order valence-corrected chi connectivity index (χ1v) is 7.23. The quantitative estimate of drug-likeness (QED) is 0.616. The molecule has 1 saturated carbocycles. The molecule has 0 aromatic heterocycles. The molecule has 0 saturated heterocycles. The van der Waals surface area contributed by atoms with E-state index in [9.17, 15) is 4.79 Å². The van der Waals surface area contributed by atoms with Gasteiger partial charge >= 0.3 is 0 Å². The molecule has 0 bridgehead atoms. The smallest absolute Gasteiger partial charge is 0.220 e. The van der Waals surface area contributed by atoms with Crippen LogP contribution in [0.3, 0.4) is 0 Å². The molecule has 1 amide bonds. The second-order valence-electron chi connectivity index (χ2n) is 5.35. The maximum Gasteiger partial charge on any atom is 0.220 e. The summed E-state index contributed by atoms with van der Waals surface area (Å²) in [5.41, 5.74) is 5.59. The van der Waals surface area contributed by atoms with Gasteiger partial charge in [-0.2, -0.15) is 0 Å². The molecule has 0 aliphatic heterocycles. The predicted octanol–water partition coefficient (Wildman–Crippen LogP) is 2.45. The van der Waals surface area contributed by atoms with Crippen LogP contribution in [0.15, 0.2) is 0 Å². The molecule has 1 aliphatic rings. The Balaban J connectivity index is 2.02. The molecule has 100 valence electrons. The van der Waals surface area contributed by atoms with E-state index in [1.807, 2.05) is 0 Å². The molecule has 17 heavy (non-hydrogen) atoms. The molecule has 1 fully saturated rings. The van der Waals surface area contributed by atoms with Crippen molar-refractivity contribution in [1.82, 2.24) is 5.32 Å². The lowest BCUT2D eigenvalue weighted by atomic mass is 9.94. The Morgan fingerprint density at radius 2 is 2.12 bits per heavy atom. The Bertz CT molecular complexity index is 208. The van der Waals surface area contributed by atoms with E-state index < -0.39 is 0 Å². The summed E-state index contributed by atoms with van der Waals surface area (Å²) in [4.78, 5) is 11.6. The molecule has 3 N–H and O–H groups in total. The lowest BCUT2D eigenvalue weighted by molar-refractivity contribution is -0.121. The number of nitrogens with two attached hydrogens (primary N) is 1. The molecule has 3 heteroatoms. The molecule has 3 nitrogen and oxygen atoms in total. The molecule has 0 spiro atoms. The zero-order valence-corrected chi connectivity index (χ0v) is 11.2. The number of carbonyl (C=O) groups excluding carboxylic acids is 1. The van der Waals surface area contributed by atoms with Crippen molar-refractivity contribution in [1.29, 1.82) is 0 Å². The molecule has 1 unspecified atom stereocenters. The number of carbonyl (C=O) groups is 1. The van der Waals surface area contributed by atoms with Gasteiger partial charge in [-0.15, -0.1) is 0 Å². The average Bonchev–Trinajstić information content (AvgIpc) is 3.10. The van der Waals surface area contributed by atoms with E-state index in [1.54, 1.807) is 0 Å². The van der Waals surface area contributed by atoms with E-state index in [0.29, 0.717) is 12.3 Å². The van der Waals surface area contributed by atoms with Crippen LogP contribution in [0.4, 0.5) is 0 Å². The SMILES string of the molecule is CCCC(CCN)CCC(=O)NCCC1CC1. The van der Waals surface area contributed by atoms with Crippen LogP contribution in [-0.4, -0.2) is 19.0 Å². The van der Waals surface area contributed by atoms with Crippen molar-refractivity contribution >= 4 is 5.91 Å². The van der Waals surface area contributed by atoms with E-state index >= 15 is 0 Å². The second kappa shape index (κ2) is 8.51. The van der Waals surface area contributed by atoms with Crippen LogP contribution in [0.2, 0.25) is 0 Å². The molecule has 0 aromatic rings. The Morgan fingerprint density at radius 1 is 1.35 bits per heavy atom. The number of rotatable bonds is 10. The Kier molecular flexibility index (Phi) is 7.25. The standard InChI is InChI=1S/C14H28N2O/c1-2-3-12(8-10-15)6-7-14(17)16-11-9-13-4-5-13/h12-13H,2-11,15H2,1H3,(H,16,17). The summed E-state index contributed by atoms with van der Waals surface area (Å²) in [5, 5.41) is 3.02. The lowest BCUT2D eigenvalue weighted by Gasteiger charge is -2.14. The topological polar surface area (TPSA) is 55.1 Å². The van der Waals surface area contributed by atoms with Crippen LogP contribution in [0.25, 0.3) is 0 Å². The van der Waals surface area contributed by atoms with Crippen LogP contribution >= 0.6 is 0 Å². The fraction of sp³-hybridized carbons (Fsp3) is 0.929. The summed E-state index contributed by atoms with van der Waals surface area (Å²) in [5.74, 6) is 1.77. The van der Waals surface area contributed by atoms with Crippen molar-refractivity contribution in [3.8, 4) is 0 Å². The number of amides is 1. The minimum absolute atomic E-state index is 0.226. The van der Waals surface area contributed by atoms with Gasteiger partial charge in [0, 0.05) is 13.0 Å². The normalized spacial score (nSPS) is 16.8. The Morgan fingerprint density at radius 3 is 2.71 bits per heavy atom. The Labute approximate surface area is 106 Å². The zero-order chi connectivity index (χ0) is 12.5. The number of hydrogen-bond acceptors (Lipinski definition) is 2. The van der Waals surface area contributed by atoms with Gasteiger partial charge in [-0.1, -0.05) is 32.6 Å². The summed E-state index contributed by atoms with van der Waals surface area (Å²) in [6.45, 7) is 3.81. The van der Waals surface area contributed by atoms with Crippen LogP contribution in [0, 0.1) is 11.8 Å². The van der Waals surface area contributed by atoms with Crippen LogP contribution in [-0.2, 0) is 4.79 Å². The Hall–Kier alpha value is -0.570. The van der Waals surface area contributed by atoms with Crippen molar-refractivity contribution < 1.29 is 4.79 Å². The van der Waals surface area contributed by atoms with Gasteiger partial charge in [0.15, 0.2) is 0 Å². The van der Waals surface area contributed by atoms with Gasteiger partial charge in [-0.3, -0.25) is 4.79 Å². The monoisotopic (exact) mass is 240 g/mol. The van der Waals surface area contributed by atoms with Crippen LogP contribution in [0.1, 0.15) is 58.3 Å². The third kappa shape index (κ3) is 7.37. The second-order valence-corrected chi connectivity index (χ2v) is 5.35. The van der Waals surface area contributed by atoms with Gasteiger partial charge < -0.3 is 11.1 Å². The predicted molar refractivity (Wildman–Crippen MR) is 71.7 cm³/mol. The molecule has 0 aromatic carbocycles. The maximum absolute atomic E-state index is 11.6. The van der Waals surface area contributed by atoms with E-state index in [0.717, 1.165) is 31.8 Å². The summed E-state index contributed by atoms with van der Waals surface area (Å²) in [7, 11) is 0. The molecule has 0 heterocycles. The van der Waals surface area contributed by atoms with Gasteiger partial charge in [0.25, 0.3) is 0 Å². The first-order valence-electron chi connectivity index (χ1n) is 7.23. The average molecular weight is 240 g/mol. The summed E-state index contributed by atoms with van der Waals surface area (Å²) in [6.07, 6.45) is 9.03. The molecule has 1 rings (SSSR count). The summed E-state index contributed by atoms with van der Waals surface area (Å²) < 4.78 is 0. The van der Waals surface area contributed by atoms with E-state index in [4.69, 9.17) is 5.73 Å². The third-order valence-corrected chi connectivity index (χ3v) is 3.62. The zero-order valence-electron chi connectivity index (χ0n) is 11.2. The first-order chi connectivity index (χ1) is 8.26. The minimum atomic E-state index is 0.226. The van der Waals surface area contributed by atoms with Gasteiger partial charge in [-0.25, -0.2) is 0 Å². The van der Waals surface area contributed by atoms with Gasteiger partial charge in [0.1, 0.15) is 0 Å². The highest BCUT2D eigenvalue weighted by Gasteiger charge is 2.20. The minimum Gasteiger partial charge on any atom is -0.356 e. The van der Waals surface area contributed by atoms with Crippen molar-refractivity contribution in [2.45, 2.75) is 58.3 Å². The third-order valence-electron chi connectivity index (χ3n) is 3.62. The molecule has 1 atom stereocenters. The van der Waals surface area contributed by atoms with Crippen molar-refractivity contribution in [3.63, 3.8) is 0 Å². The van der Waals surface area contributed by atoms with Crippen molar-refractivity contribution in [2.75, 3.05) is 13.1 Å². The largest absolute Gasteiger partial charge is 0.356 e. The fourth-order valence-corrected chi connectivity index (χ4v) is 2.32. The van der Waals surface area contributed by atoms with Crippen LogP contribution < -0.4 is 11.1 Å². The van der Waals surface area contributed by atoms with E-state index in [1.165, 1.54) is 32.1 Å². The van der Waals surface area contributed by atoms with Crippen molar-refractivity contribution in [2.24, 2.45) is 17.6 Å². The number of nitrogens with one attached hydrogen (secondary N) is 1. The highest BCUT2D eigenvalue weighted by atomic mass is 16.1. The first kappa shape index (κ1) is 14.5. The fourth-order valence-electron chi connectivity index (χ4n) is 2.32. The maximum atomic E-state index is 11.6. The van der Waals surface area contributed by atoms with Gasteiger partial charge in [0.2, 0.25) is 5.91 Å². The summed E-state index contributed by atoms with van der Waals surface area (Å²) in [6, 6.07) is 0. The summed E-state index contributed by atoms with van der Waals surface area (Å²) >= 11 is 0. The van der Waals surface area contributed by atoms with Gasteiger partial charge in [-0.05, 0) is 37.6 Å². The highest BCUT2D eigenvalue weighted by molar-refractivity contribution is 5.75. The van der Waals surface area contributed by atoms with E-state index in [2.05, 4.69) is 12.2 Å². The molecule has 1 aliphatic carbocycles. The van der Waals surface area contributed by atoms with Crippen molar-refractivity contribution in [3.05, 3.63) is 0 Å². The van der Waals surface area contributed by atoms with Gasteiger partial charge in [0.05, 0.1) is 0 Å².